The highest BCUT2D eigenvalue weighted by atomic mass is 31.2. The van der Waals surface area contributed by atoms with Crippen LogP contribution in [0.1, 0.15) is 93.9 Å². The Morgan fingerprint density at radius 2 is 1.14 bits per heavy atom. The minimum absolute atomic E-state index is 0.100. The van der Waals surface area contributed by atoms with Gasteiger partial charge in [0.25, 0.3) is 0 Å². The molecule has 0 aliphatic heterocycles. The predicted molar refractivity (Wildman–Crippen MR) is 121 cm³/mol. The Hall–Kier alpha value is 0.110. The van der Waals surface area contributed by atoms with Gasteiger partial charge in [0, 0.05) is 0 Å². The summed E-state index contributed by atoms with van der Waals surface area (Å²) in [5.74, 6) is 1.54. The molecule has 0 aromatic heterocycles. The van der Waals surface area contributed by atoms with Crippen LogP contribution in [-0.2, 0) is 13.6 Å². The molecule has 2 aliphatic rings. The van der Waals surface area contributed by atoms with Crippen molar-refractivity contribution in [3.63, 3.8) is 0 Å². The molecule has 0 radical (unpaired) electrons. The van der Waals surface area contributed by atoms with Crippen molar-refractivity contribution < 1.29 is 18.7 Å². The topological polar surface area (TPSA) is 55.8 Å². The van der Waals surface area contributed by atoms with Crippen LogP contribution in [0.15, 0.2) is 0 Å². The maximum Gasteiger partial charge on any atom is 0.359 e. The normalized spacial score (nSPS) is 37.1. The molecule has 1 unspecified atom stereocenters. The van der Waals surface area contributed by atoms with Crippen LogP contribution in [0.5, 0.6) is 0 Å². The van der Waals surface area contributed by atoms with Crippen molar-refractivity contribution in [1.29, 1.82) is 0 Å². The Labute approximate surface area is 180 Å². The molecule has 2 fully saturated rings. The van der Waals surface area contributed by atoms with Crippen LogP contribution < -0.4 is 0 Å². The summed E-state index contributed by atoms with van der Waals surface area (Å²) < 4.78 is 26.9. The van der Waals surface area contributed by atoms with Gasteiger partial charge in [0.15, 0.2) is 5.85 Å². The van der Waals surface area contributed by atoms with Crippen molar-refractivity contribution in [2.45, 2.75) is 112 Å². The largest absolute Gasteiger partial charge is 0.380 e. The van der Waals surface area contributed by atoms with Gasteiger partial charge in [-0.15, -0.1) is 0 Å². The molecule has 0 aromatic carbocycles. The summed E-state index contributed by atoms with van der Waals surface area (Å²) in [6.45, 7) is 17.2. The van der Waals surface area contributed by atoms with E-state index in [9.17, 15) is 9.67 Å². The van der Waals surface area contributed by atoms with Gasteiger partial charge in [-0.05, 0) is 67.1 Å². The van der Waals surface area contributed by atoms with E-state index in [2.05, 4.69) is 41.5 Å². The summed E-state index contributed by atoms with van der Waals surface area (Å²) in [6, 6.07) is 0. The highest BCUT2D eigenvalue weighted by Gasteiger charge is 2.46. The molecule has 0 aromatic rings. The average Bonchev–Trinajstić information content (AvgIpc) is 2.60. The van der Waals surface area contributed by atoms with E-state index in [1.807, 2.05) is 13.8 Å². The summed E-state index contributed by atoms with van der Waals surface area (Å²) in [4.78, 5) is 0. The van der Waals surface area contributed by atoms with Crippen molar-refractivity contribution in [1.82, 2.24) is 0 Å². The highest BCUT2D eigenvalue weighted by Crippen LogP contribution is 2.60. The van der Waals surface area contributed by atoms with Gasteiger partial charge in [-0.25, -0.2) is 0 Å². The third-order valence-electron chi connectivity index (χ3n) is 7.41. The third kappa shape index (κ3) is 6.55. The minimum Gasteiger partial charge on any atom is -0.380 e. The van der Waals surface area contributed by atoms with Crippen molar-refractivity contribution in [3.8, 4) is 0 Å². The molecule has 5 heteroatoms. The lowest BCUT2D eigenvalue weighted by atomic mass is 9.75. The maximum absolute atomic E-state index is 14.1. The smallest absolute Gasteiger partial charge is 0.359 e. The molecule has 4 nitrogen and oxygen atoms in total. The second-order valence-corrected chi connectivity index (χ2v) is 13.2. The standard InChI is InChI=1S/C24H47O4P/c1-15(2)20-11-9-18(7)13-22(20)27-29(26,24(25)17(5)6)28-23-14-19(8)10-12-21(23)16(3)4/h15-25H,9-14H2,1-8H3/t18-,19-,20-,21+,22-,23-,24+,29?/m1/s1. The van der Waals surface area contributed by atoms with Crippen LogP contribution in [0.4, 0.5) is 0 Å². The van der Waals surface area contributed by atoms with Crippen LogP contribution in [0, 0.1) is 41.4 Å². The van der Waals surface area contributed by atoms with Gasteiger partial charge in [0.05, 0.1) is 12.2 Å². The van der Waals surface area contributed by atoms with E-state index in [1.165, 1.54) is 12.8 Å². The quantitative estimate of drug-likeness (QED) is 0.417. The Balaban J connectivity index is 2.28. The number of aliphatic hydroxyl groups is 1. The number of hydrogen-bond donors (Lipinski definition) is 1. The molecular weight excluding hydrogens is 383 g/mol. The van der Waals surface area contributed by atoms with Crippen molar-refractivity contribution in [2.75, 3.05) is 0 Å². The second-order valence-electron chi connectivity index (χ2n) is 11.1. The van der Waals surface area contributed by atoms with E-state index in [1.54, 1.807) is 0 Å². The van der Waals surface area contributed by atoms with E-state index < -0.39 is 13.4 Å². The lowest BCUT2D eigenvalue weighted by Gasteiger charge is -2.43. The number of hydrogen-bond acceptors (Lipinski definition) is 4. The van der Waals surface area contributed by atoms with E-state index in [-0.39, 0.29) is 18.1 Å². The molecule has 0 amide bonds. The van der Waals surface area contributed by atoms with Crippen LogP contribution in [0.3, 0.4) is 0 Å². The Morgan fingerprint density at radius 1 is 0.759 bits per heavy atom. The van der Waals surface area contributed by atoms with E-state index in [4.69, 9.17) is 9.05 Å². The first-order valence-corrected chi connectivity index (χ1v) is 13.7. The zero-order valence-electron chi connectivity index (χ0n) is 20.1. The first kappa shape index (κ1) is 25.4. The molecule has 0 bridgehead atoms. The molecule has 0 saturated heterocycles. The molecule has 1 N–H and O–H groups in total. The van der Waals surface area contributed by atoms with Crippen molar-refractivity contribution >= 4 is 7.60 Å². The van der Waals surface area contributed by atoms with Gasteiger partial charge < -0.3 is 14.2 Å². The molecule has 172 valence electrons. The fourth-order valence-corrected chi connectivity index (χ4v) is 7.63. The predicted octanol–water partition coefficient (Wildman–Crippen LogP) is 7.11. The van der Waals surface area contributed by atoms with E-state index in [0.717, 1.165) is 25.7 Å². The SMILES string of the molecule is CC(C)[C@H]1CC[C@@H](C)C[C@H]1OP(=O)(O[C@@H]1C[C@H](C)CC[C@H]1C(C)C)[C@H](O)C(C)C. The first-order chi connectivity index (χ1) is 13.4. The molecule has 2 saturated carbocycles. The fraction of sp³-hybridized carbons (Fsp3) is 1.00. The number of aliphatic hydroxyl groups excluding tert-OH is 1. The van der Waals surface area contributed by atoms with Gasteiger partial charge in [-0.3, -0.25) is 4.57 Å². The second kappa shape index (κ2) is 10.6. The molecule has 29 heavy (non-hydrogen) atoms. The minimum atomic E-state index is -3.66. The van der Waals surface area contributed by atoms with Crippen LogP contribution >= 0.6 is 7.60 Å². The van der Waals surface area contributed by atoms with Crippen LogP contribution in [0.25, 0.3) is 0 Å². The van der Waals surface area contributed by atoms with Gasteiger partial charge in [-0.1, -0.05) is 68.2 Å². The van der Waals surface area contributed by atoms with Crippen molar-refractivity contribution in [3.05, 3.63) is 0 Å². The van der Waals surface area contributed by atoms with Gasteiger partial charge in [-0.2, -0.15) is 0 Å². The number of rotatable bonds is 8. The van der Waals surface area contributed by atoms with Gasteiger partial charge in [0.2, 0.25) is 0 Å². The Kier molecular flexibility index (Phi) is 9.29. The van der Waals surface area contributed by atoms with Crippen LogP contribution in [-0.4, -0.2) is 23.2 Å². The molecule has 0 spiro atoms. The lowest BCUT2D eigenvalue weighted by molar-refractivity contribution is -0.0186. The average molecular weight is 431 g/mol. The molecule has 2 rings (SSSR count). The first-order valence-electron chi connectivity index (χ1n) is 12.1. The van der Waals surface area contributed by atoms with Crippen LogP contribution in [0.2, 0.25) is 0 Å². The fourth-order valence-electron chi connectivity index (χ4n) is 5.36. The van der Waals surface area contributed by atoms with Gasteiger partial charge >= 0.3 is 7.60 Å². The zero-order chi connectivity index (χ0) is 21.9. The Morgan fingerprint density at radius 3 is 1.45 bits per heavy atom. The molecule has 8 atom stereocenters. The van der Waals surface area contributed by atoms with E-state index in [0.29, 0.717) is 35.5 Å². The van der Waals surface area contributed by atoms with Gasteiger partial charge in [0.1, 0.15) is 0 Å². The summed E-state index contributed by atoms with van der Waals surface area (Å²) >= 11 is 0. The van der Waals surface area contributed by atoms with Crippen molar-refractivity contribution in [2.24, 2.45) is 41.4 Å². The Bertz CT molecular complexity index is 509. The van der Waals surface area contributed by atoms with E-state index >= 15 is 0 Å². The third-order valence-corrected chi connectivity index (χ3v) is 9.78. The zero-order valence-corrected chi connectivity index (χ0v) is 21.0. The molecule has 0 heterocycles. The summed E-state index contributed by atoms with van der Waals surface area (Å²) in [5.41, 5.74) is 0. The molecular formula is C24H47O4P. The maximum atomic E-state index is 14.1. The summed E-state index contributed by atoms with van der Waals surface area (Å²) in [7, 11) is -3.66. The molecule has 2 aliphatic carbocycles. The lowest BCUT2D eigenvalue weighted by Crippen LogP contribution is -2.38. The summed E-state index contributed by atoms with van der Waals surface area (Å²) in [6.07, 6.45) is 6.16. The summed E-state index contributed by atoms with van der Waals surface area (Å²) in [5, 5.41) is 11.0. The highest BCUT2D eigenvalue weighted by molar-refractivity contribution is 7.54. The monoisotopic (exact) mass is 430 g/mol.